The molecule has 1 aliphatic rings. The molecule has 2 aromatic heterocycles. The van der Waals surface area contributed by atoms with Gasteiger partial charge in [-0.1, -0.05) is 61.4 Å². The van der Waals surface area contributed by atoms with Gasteiger partial charge in [0.05, 0.1) is 6.26 Å². The van der Waals surface area contributed by atoms with Crippen LogP contribution in [-0.4, -0.2) is 14.8 Å². The summed E-state index contributed by atoms with van der Waals surface area (Å²) in [6.07, 6.45) is 8.00. The summed E-state index contributed by atoms with van der Waals surface area (Å²) < 4.78 is 7.91. The lowest BCUT2D eigenvalue weighted by molar-refractivity contribution is 0.337. The largest absolute Gasteiger partial charge is 0.461 e. The van der Waals surface area contributed by atoms with E-state index in [1.54, 1.807) is 18.0 Å². The maximum atomic E-state index is 5.59. The third-order valence-electron chi connectivity index (χ3n) is 4.56. The second kappa shape index (κ2) is 7.26. The maximum Gasteiger partial charge on any atom is 0.200 e. The van der Waals surface area contributed by atoms with Crippen LogP contribution in [0.5, 0.6) is 0 Å². The Morgan fingerprint density at radius 3 is 2.58 bits per heavy atom. The molecule has 0 radical (unpaired) electrons. The highest BCUT2D eigenvalue weighted by Crippen LogP contribution is 2.36. The number of hydrogen-bond donors (Lipinski definition) is 0. The van der Waals surface area contributed by atoms with Crippen LogP contribution in [0.15, 0.2) is 58.3 Å². The van der Waals surface area contributed by atoms with Gasteiger partial charge >= 0.3 is 0 Å². The number of nitrogens with zero attached hydrogens (tertiary/aromatic N) is 3. The smallest absolute Gasteiger partial charge is 0.200 e. The number of aromatic nitrogens is 3. The minimum atomic E-state index is 0.479. The predicted octanol–water partition coefficient (Wildman–Crippen LogP) is 5.34. The molecule has 4 rings (SSSR count). The maximum absolute atomic E-state index is 5.59. The van der Waals surface area contributed by atoms with E-state index in [0.717, 1.165) is 22.5 Å². The van der Waals surface area contributed by atoms with E-state index in [-0.39, 0.29) is 0 Å². The first-order valence-corrected chi connectivity index (χ1v) is 9.56. The molecular formula is C19H21N3OS. The molecule has 4 nitrogen and oxygen atoms in total. The molecule has 0 spiro atoms. The van der Waals surface area contributed by atoms with Crippen molar-refractivity contribution in [2.45, 2.75) is 49.1 Å². The highest BCUT2D eigenvalue weighted by molar-refractivity contribution is 7.98. The van der Waals surface area contributed by atoms with E-state index >= 15 is 0 Å². The molecule has 0 aliphatic heterocycles. The molecule has 2 heterocycles. The Hall–Kier alpha value is -2.01. The summed E-state index contributed by atoms with van der Waals surface area (Å²) in [6, 6.07) is 14.9. The molecule has 3 aromatic rings. The average Bonchev–Trinajstić information content (AvgIpc) is 3.31. The van der Waals surface area contributed by atoms with E-state index in [2.05, 4.69) is 39.0 Å². The summed E-state index contributed by atoms with van der Waals surface area (Å²) in [5.41, 5.74) is 1.31. The SMILES string of the molecule is c1ccc(CSc2nnc(-c3ccco3)n2C2CCCCC2)cc1. The van der Waals surface area contributed by atoms with Crippen LogP contribution >= 0.6 is 11.8 Å². The van der Waals surface area contributed by atoms with E-state index in [1.165, 1.54) is 37.7 Å². The lowest BCUT2D eigenvalue weighted by Gasteiger charge is -2.25. The van der Waals surface area contributed by atoms with Gasteiger partial charge in [-0.3, -0.25) is 4.57 Å². The summed E-state index contributed by atoms with van der Waals surface area (Å²) in [5.74, 6) is 2.58. The molecule has 0 N–H and O–H groups in total. The van der Waals surface area contributed by atoms with Crippen LogP contribution in [-0.2, 0) is 5.75 Å². The van der Waals surface area contributed by atoms with Gasteiger partial charge in [-0.15, -0.1) is 10.2 Å². The predicted molar refractivity (Wildman–Crippen MR) is 95.8 cm³/mol. The van der Waals surface area contributed by atoms with E-state index in [1.807, 2.05) is 18.2 Å². The molecule has 1 fully saturated rings. The van der Waals surface area contributed by atoms with Crippen molar-refractivity contribution in [3.8, 4) is 11.6 Å². The summed E-state index contributed by atoms with van der Waals surface area (Å²) in [7, 11) is 0. The molecule has 1 aromatic carbocycles. The van der Waals surface area contributed by atoms with E-state index in [4.69, 9.17) is 4.42 Å². The number of thioether (sulfide) groups is 1. The second-order valence-electron chi connectivity index (χ2n) is 6.22. The third kappa shape index (κ3) is 3.26. The molecule has 1 saturated carbocycles. The molecular weight excluding hydrogens is 318 g/mol. The average molecular weight is 339 g/mol. The number of furan rings is 1. The Balaban J connectivity index is 1.63. The van der Waals surface area contributed by atoms with Crippen LogP contribution < -0.4 is 0 Å². The van der Waals surface area contributed by atoms with Crippen molar-refractivity contribution >= 4 is 11.8 Å². The minimum absolute atomic E-state index is 0.479. The molecule has 0 bridgehead atoms. The van der Waals surface area contributed by atoms with Crippen LogP contribution in [0, 0.1) is 0 Å². The zero-order chi connectivity index (χ0) is 16.2. The molecule has 24 heavy (non-hydrogen) atoms. The number of rotatable bonds is 5. The fourth-order valence-corrected chi connectivity index (χ4v) is 4.30. The molecule has 0 amide bonds. The minimum Gasteiger partial charge on any atom is -0.461 e. The molecule has 5 heteroatoms. The zero-order valence-electron chi connectivity index (χ0n) is 13.6. The quantitative estimate of drug-likeness (QED) is 0.589. The normalized spacial score (nSPS) is 15.7. The van der Waals surface area contributed by atoms with Gasteiger partial charge in [0, 0.05) is 11.8 Å². The summed E-state index contributed by atoms with van der Waals surface area (Å²) in [5, 5.41) is 9.92. The van der Waals surface area contributed by atoms with Gasteiger partial charge in [0.15, 0.2) is 10.9 Å². The van der Waals surface area contributed by atoms with Gasteiger partial charge in [-0.2, -0.15) is 0 Å². The highest BCUT2D eigenvalue weighted by atomic mass is 32.2. The van der Waals surface area contributed by atoms with Crippen molar-refractivity contribution in [3.05, 3.63) is 54.3 Å². The summed E-state index contributed by atoms with van der Waals surface area (Å²) in [4.78, 5) is 0. The van der Waals surface area contributed by atoms with E-state index in [0.29, 0.717) is 6.04 Å². The van der Waals surface area contributed by atoms with E-state index in [9.17, 15) is 0 Å². The first-order valence-electron chi connectivity index (χ1n) is 8.57. The van der Waals surface area contributed by atoms with Gasteiger partial charge in [-0.25, -0.2) is 0 Å². The molecule has 1 aliphatic carbocycles. The Labute approximate surface area is 146 Å². The van der Waals surface area contributed by atoms with Gasteiger partial charge in [0.1, 0.15) is 0 Å². The summed E-state index contributed by atoms with van der Waals surface area (Å²) >= 11 is 1.76. The fourth-order valence-electron chi connectivity index (χ4n) is 3.34. The number of benzene rings is 1. The second-order valence-corrected chi connectivity index (χ2v) is 7.16. The number of hydrogen-bond acceptors (Lipinski definition) is 4. The van der Waals surface area contributed by atoms with E-state index < -0.39 is 0 Å². The summed E-state index contributed by atoms with van der Waals surface area (Å²) in [6.45, 7) is 0. The van der Waals surface area contributed by atoms with Crippen LogP contribution in [0.25, 0.3) is 11.6 Å². The first-order chi connectivity index (χ1) is 11.9. The standard InChI is InChI=1S/C19H21N3OS/c1-3-8-15(9-4-1)14-24-19-21-20-18(17-12-7-13-23-17)22(19)16-10-5-2-6-11-16/h1,3-4,7-9,12-13,16H,2,5-6,10-11,14H2. The fraction of sp³-hybridized carbons (Fsp3) is 0.368. The van der Waals surface area contributed by atoms with Crippen molar-refractivity contribution in [3.63, 3.8) is 0 Å². The lowest BCUT2D eigenvalue weighted by atomic mass is 9.95. The Kier molecular flexibility index (Phi) is 4.69. The van der Waals surface area contributed by atoms with Gasteiger partial charge < -0.3 is 4.42 Å². The molecule has 0 saturated heterocycles. The Bertz CT molecular complexity index is 761. The van der Waals surface area contributed by atoms with Gasteiger partial charge in [0.2, 0.25) is 5.82 Å². The van der Waals surface area contributed by atoms with Crippen molar-refractivity contribution in [2.75, 3.05) is 0 Å². The highest BCUT2D eigenvalue weighted by Gasteiger charge is 2.24. The van der Waals surface area contributed by atoms with Crippen LogP contribution in [0.3, 0.4) is 0 Å². The third-order valence-corrected chi connectivity index (χ3v) is 5.57. The Morgan fingerprint density at radius 1 is 1.00 bits per heavy atom. The van der Waals surface area contributed by atoms with Crippen molar-refractivity contribution in [1.29, 1.82) is 0 Å². The van der Waals surface area contributed by atoms with Crippen LogP contribution in [0.4, 0.5) is 0 Å². The lowest BCUT2D eigenvalue weighted by Crippen LogP contribution is -2.15. The molecule has 0 unspecified atom stereocenters. The van der Waals surface area contributed by atoms with Crippen molar-refractivity contribution in [2.24, 2.45) is 0 Å². The van der Waals surface area contributed by atoms with Crippen molar-refractivity contribution in [1.82, 2.24) is 14.8 Å². The van der Waals surface area contributed by atoms with Gasteiger partial charge in [-0.05, 0) is 30.5 Å². The van der Waals surface area contributed by atoms with Crippen molar-refractivity contribution < 1.29 is 4.42 Å². The van der Waals surface area contributed by atoms with Crippen LogP contribution in [0.2, 0.25) is 0 Å². The van der Waals surface area contributed by atoms with Crippen LogP contribution in [0.1, 0.15) is 43.7 Å². The molecule has 0 atom stereocenters. The Morgan fingerprint density at radius 2 is 1.83 bits per heavy atom. The molecule has 124 valence electrons. The monoisotopic (exact) mass is 339 g/mol. The zero-order valence-corrected chi connectivity index (χ0v) is 14.4. The first kappa shape index (κ1) is 15.5. The van der Waals surface area contributed by atoms with Gasteiger partial charge in [0.25, 0.3) is 0 Å². The topological polar surface area (TPSA) is 43.9 Å².